The van der Waals surface area contributed by atoms with E-state index in [-0.39, 0.29) is 11.1 Å². The Morgan fingerprint density at radius 2 is 2.03 bits per heavy atom. The number of fused-ring (bicyclic) bond motifs is 1. The first kappa shape index (κ1) is 21.3. The number of methoxy groups -OCH3 is 1. The minimum Gasteiger partial charge on any atom is -0.465 e. The van der Waals surface area contributed by atoms with Gasteiger partial charge in [-0.25, -0.2) is 14.6 Å². The minimum absolute atomic E-state index is 0.283. The molecular weight excluding hydrogens is 450 g/mol. The van der Waals surface area contributed by atoms with Crippen LogP contribution in [0, 0.1) is 11.3 Å². The number of esters is 1. The summed E-state index contributed by atoms with van der Waals surface area (Å²) in [6.07, 6.45) is 1.51. The van der Waals surface area contributed by atoms with Crippen molar-refractivity contribution in [2.24, 2.45) is 0 Å². The Morgan fingerprint density at radius 1 is 1.25 bits per heavy atom. The molecule has 0 fully saturated rings. The van der Waals surface area contributed by atoms with Crippen LogP contribution in [0.3, 0.4) is 0 Å². The maximum absolute atomic E-state index is 12.4. The van der Waals surface area contributed by atoms with Crippen LogP contribution in [0.15, 0.2) is 69.3 Å². The number of nitrogens with zero attached hydrogens (tertiary/aromatic N) is 2. The van der Waals surface area contributed by atoms with Gasteiger partial charge in [-0.15, -0.1) is 11.3 Å². The second kappa shape index (κ2) is 9.06. The van der Waals surface area contributed by atoms with Crippen molar-refractivity contribution in [3.05, 3.63) is 86.1 Å². The van der Waals surface area contributed by atoms with E-state index in [0.29, 0.717) is 37.9 Å². The summed E-state index contributed by atoms with van der Waals surface area (Å²) in [7, 11) is 1.32. The van der Waals surface area contributed by atoms with Crippen molar-refractivity contribution in [2.45, 2.75) is 0 Å². The van der Waals surface area contributed by atoms with E-state index in [4.69, 9.17) is 16.0 Å². The van der Waals surface area contributed by atoms with Gasteiger partial charge in [0.05, 0.1) is 23.9 Å². The highest BCUT2D eigenvalue weighted by Gasteiger charge is 2.14. The maximum atomic E-state index is 12.4. The highest BCUT2D eigenvalue weighted by Crippen LogP contribution is 2.27. The fraction of sp³-hybridized carbons (Fsp3) is 0.0435. The molecule has 1 N–H and O–H groups in total. The summed E-state index contributed by atoms with van der Waals surface area (Å²) in [4.78, 5) is 28.4. The zero-order chi connectivity index (χ0) is 22.7. The first-order chi connectivity index (χ1) is 15.5. The van der Waals surface area contributed by atoms with Gasteiger partial charge in [0.2, 0.25) is 0 Å². The number of thiazole rings is 1. The average molecular weight is 464 g/mol. The fourth-order valence-corrected chi connectivity index (χ4v) is 3.88. The van der Waals surface area contributed by atoms with Crippen molar-refractivity contribution in [3.63, 3.8) is 0 Å². The van der Waals surface area contributed by atoms with Gasteiger partial charge in [0.1, 0.15) is 22.2 Å². The van der Waals surface area contributed by atoms with E-state index in [0.717, 1.165) is 0 Å². The molecule has 2 aromatic heterocycles. The molecule has 0 amide bonds. The summed E-state index contributed by atoms with van der Waals surface area (Å²) in [5.41, 5.74) is 1.97. The first-order valence-corrected chi connectivity index (χ1v) is 10.5. The molecule has 0 aliphatic heterocycles. The molecule has 7 nitrogen and oxygen atoms in total. The summed E-state index contributed by atoms with van der Waals surface area (Å²) in [5, 5.41) is 15.9. The smallest absolute Gasteiger partial charge is 0.345 e. The lowest BCUT2D eigenvalue weighted by molar-refractivity contribution is 0.0601. The summed E-state index contributed by atoms with van der Waals surface area (Å²) in [6, 6.07) is 15.4. The summed E-state index contributed by atoms with van der Waals surface area (Å²) in [6.45, 7) is 0. The molecule has 0 unspecified atom stereocenters. The molecule has 0 aliphatic carbocycles. The number of rotatable bonds is 5. The lowest BCUT2D eigenvalue weighted by atomic mass is 10.1. The lowest BCUT2D eigenvalue weighted by Gasteiger charge is -2.03. The van der Waals surface area contributed by atoms with Crippen LogP contribution in [-0.4, -0.2) is 18.1 Å². The fourth-order valence-electron chi connectivity index (χ4n) is 2.91. The molecule has 32 heavy (non-hydrogen) atoms. The first-order valence-electron chi connectivity index (χ1n) is 9.23. The van der Waals surface area contributed by atoms with E-state index < -0.39 is 11.6 Å². The van der Waals surface area contributed by atoms with Gasteiger partial charge in [-0.1, -0.05) is 11.6 Å². The third kappa shape index (κ3) is 4.39. The molecule has 0 aliphatic rings. The Morgan fingerprint density at radius 3 is 2.75 bits per heavy atom. The Balaban J connectivity index is 1.60. The van der Waals surface area contributed by atoms with Crippen LogP contribution < -0.4 is 10.9 Å². The van der Waals surface area contributed by atoms with E-state index in [1.54, 1.807) is 53.9 Å². The van der Waals surface area contributed by atoms with Gasteiger partial charge in [-0.05, 0) is 48.5 Å². The molecule has 0 radical (unpaired) electrons. The zero-order valence-electron chi connectivity index (χ0n) is 16.6. The molecule has 9 heteroatoms. The molecule has 4 rings (SSSR count). The van der Waals surface area contributed by atoms with Gasteiger partial charge >= 0.3 is 11.6 Å². The second-order valence-electron chi connectivity index (χ2n) is 6.55. The van der Waals surface area contributed by atoms with Crippen LogP contribution in [0.2, 0.25) is 5.02 Å². The van der Waals surface area contributed by atoms with Crippen molar-refractivity contribution in [1.82, 2.24) is 4.98 Å². The molecule has 158 valence electrons. The number of benzene rings is 2. The van der Waals surface area contributed by atoms with E-state index in [1.807, 2.05) is 0 Å². The van der Waals surface area contributed by atoms with Crippen LogP contribution in [0.1, 0.15) is 15.4 Å². The lowest BCUT2D eigenvalue weighted by Crippen LogP contribution is -2.03. The number of nitriles is 1. The largest absolute Gasteiger partial charge is 0.465 e. The quantitative estimate of drug-likeness (QED) is 0.242. The monoisotopic (exact) mass is 463 g/mol. The second-order valence-corrected chi connectivity index (χ2v) is 7.85. The summed E-state index contributed by atoms with van der Waals surface area (Å²) < 4.78 is 10.0. The van der Waals surface area contributed by atoms with Crippen LogP contribution >= 0.6 is 22.9 Å². The minimum atomic E-state index is -0.525. The standard InChI is InChI=1S/C23H14ClN3O4S/c1-30-22(28)13-2-5-17(6-3-13)26-11-15(10-25)21-27-19(12-32-21)18-9-14-8-16(24)4-7-20(14)31-23(18)29/h2-9,11-12,26H,1H3. The Kier molecular flexibility index (Phi) is 6.03. The highest BCUT2D eigenvalue weighted by atomic mass is 35.5. The van der Waals surface area contributed by atoms with Gasteiger partial charge in [0.15, 0.2) is 0 Å². The zero-order valence-corrected chi connectivity index (χ0v) is 18.2. The normalized spacial score (nSPS) is 11.2. The third-order valence-electron chi connectivity index (χ3n) is 4.51. The number of hydrogen-bond donors (Lipinski definition) is 1. The molecule has 4 aromatic rings. The summed E-state index contributed by atoms with van der Waals surface area (Å²) >= 11 is 7.26. The van der Waals surface area contributed by atoms with Crippen molar-refractivity contribution in [3.8, 4) is 17.3 Å². The number of aromatic nitrogens is 1. The van der Waals surface area contributed by atoms with Crippen molar-refractivity contribution in [2.75, 3.05) is 12.4 Å². The molecular formula is C23H14ClN3O4S. The molecule has 0 spiro atoms. The Hall–Kier alpha value is -3.93. The molecule has 2 aromatic carbocycles. The van der Waals surface area contributed by atoms with E-state index in [2.05, 4.69) is 21.1 Å². The van der Waals surface area contributed by atoms with Crippen LogP contribution in [0.5, 0.6) is 0 Å². The van der Waals surface area contributed by atoms with Crippen LogP contribution in [0.4, 0.5) is 5.69 Å². The Labute approximate surface area is 191 Å². The molecule has 0 saturated carbocycles. The predicted octanol–water partition coefficient (Wildman–Crippen LogP) is 5.33. The van der Waals surface area contributed by atoms with Crippen LogP contribution in [-0.2, 0) is 4.74 Å². The number of ether oxygens (including phenoxy) is 1. The average Bonchev–Trinajstić information content (AvgIpc) is 3.29. The van der Waals surface area contributed by atoms with Crippen molar-refractivity contribution >= 4 is 51.1 Å². The number of allylic oxidation sites excluding steroid dienone is 1. The van der Waals surface area contributed by atoms with E-state index in [9.17, 15) is 14.9 Å². The van der Waals surface area contributed by atoms with Gasteiger partial charge in [0.25, 0.3) is 0 Å². The Bertz CT molecular complexity index is 1450. The molecule has 0 atom stereocenters. The van der Waals surface area contributed by atoms with E-state index in [1.165, 1.54) is 24.6 Å². The number of hydrogen-bond acceptors (Lipinski definition) is 8. The molecule has 2 heterocycles. The SMILES string of the molecule is COC(=O)c1ccc(NC=C(C#N)c2nc(-c3cc4cc(Cl)ccc4oc3=O)cs2)cc1. The number of halogens is 1. The number of anilines is 1. The van der Waals surface area contributed by atoms with Crippen LogP contribution in [0.25, 0.3) is 27.8 Å². The summed E-state index contributed by atoms with van der Waals surface area (Å²) in [5.74, 6) is -0.430. The van der Waals surface area contributed by atoms with Crippen molar-refractivity contribution < 1.29 is 13.9 Å². The topological polar surface area (TPSA) is 105 Å². The molecule has 0 saturated heterocycles. The van der Waals surface area contributed by atoms with Gasteiger partial charge in [-0.3, -0.25) is 0 Å². The molecule has 0 bridgehead atoms. The third-order valence-corrected chi connectivity index (χ3v) is 5.63. The number of nitrogens with one attached hydrogen (secondary N) is 1. The van der Waals surface area contributed by atoms with Gasteiger partial charge in [0, 0.05) is 27.7 Å². The van der Waals surface area contributed by atoms with Gasteiger partial charge < -0.3 is 14.5 Å². The maximum Gasteiger partial charge on any atom is 0.345 e. The highest BCUT2D eigenvalue weighted by molar-refractivity contribution is 7.11. The predicted molar refractivity (Wildman–Crippen MR) is 124 cm³/mol. The number of carbonyl (C=O) groups excluding carboxylic acids is 1. The van der Waals surface area contributed by atoms with E-state index >= 15 is 0 Å². The van der Waals surface area contributed by atoms with Gasteiger partial charge in [-0.2, -0.15) is 5.26 Å². The van der Waals surface area contributed by atoms with Crippen molar-refractivity contribution in [1.29, 1.82) is 5.26 Å². The number of carbonyl (C=O) groups is 1.